The topological polar surface area (TPSA) is 46.4 Å². The van der Waals surface area contributed by atoms with E-state index in [0.29, 0.717) is 0 Å². The lowest BCUT2D eigenvalue weighted by Crippen LogP contribution is -2.10. The van der Waals surface area contributed by atoms with Crippen molar-refractivity contribution in [1.29, 1.82) is 0 Å². The van der Waals surface area contributed by atoms with Crippen LogP contribution in [0, 0.1) is 10.1 Å². The van der Waals surface area contributed by atoms with Crippen LogP contribution in [0.3, 0.4) is 0 Å². The van der Waals surface area contributed by atoms with Gasteiger partial charge in [0.1, 0.15) is 0 Å². The van der Waals surface area contributed by atoms with Crippen molar-refractivity contribution in [2.24, 2.45) is 0 Å². The third-order valence-corrected chi connectivity index (χ3v) is 2.07. The van der Waals surface area contributed by atoms with Crippen molar-refractivity contribution in [2.75, 3.05) is 19.0 Å². The molecular formula is C10H11ClN2O2. The zero-order chi connectivity index (χ0) is 11.4. The molecule has 15 heavy (non-hydrogen) atoms. The predicted molar refractivity (Wildman–Crippen MR) is 62.3 cm³/mol. The first-order chi connectivity index (χ1) is 7.06. The van der Waals surface area contributed by atoms with E-state index in [1.54, 1.807) is 12.1 Å². The van der Waals surface area contributed by atoms with Crippen molar-refractivity contribution in [3.63, 3.8) is 0 Å². The number of nitro benzene ring substituents is 1. The summed E-state index contributed by atoms with van der Waals surface area (Å²) < 4.78 is 0. The maximum atomic E-state index is 10.6. The lowest BCUT2D eigenvalue weighted by Gasteiger charge is -2.15. The summed E-state index contributed by atoms with van der Waals surface area (Å²) in [4.78, 5) is 12.0. The minimum atomic E-state index is -0.426. The van der Waals surface area contributed by atoms with E-state index in [4.69, 9.17) is 11.6 Å². The van der Waals surface area contributed by atoms with Crippen molar-refractivity contribution >= 4 is 29.1 Å². The summed E-state index contributed by atoms with van der Waals surface area (Å²) in [5, 5.41) is 10.6. The molecule has 4 nitrogen and oxygen atoms in total. The van der Waals surface area contributed by atoms with Crippen LogP contribution in [0.2, 0.25) is 0 Å². The molecule has 0 radical (unpaired) electrons. The Morgan fingerprint density at radius 2 is 2.13 bits per heavy atom. The molecule has 0 spiro atoms. The van der Waals surface area contributed by atoms with Crippen LogP contribution in [0.15, 0.2) is 23.7 Å². The van der Waals surface area contributed by atoms with Crippen molar-refractivity contribution in [3.05, 3.63) is 39.4 Å². The van der Waals surface area contributed by atoms with Gasteiger partial charge in [-0.2, -0.15) is 0 Å². The van der Waals surface area contributed by atoms with Crippen molar-refractivity contribution in [1.82, 2.24) is 0 Å². The van der Waals surface area contributed by atoms with E-state index >= 15 is 0 Å². The van der Waals surface area contributed by atoms with Gasteiger partial charge in [0, 0.05) is 43.0 Å². The summed E-state index contributed by atoms with van der Waals surface area (Å²) in [6.07, 6.45) is 1.63. The van der Waals surface area contributed by atoms with Gasteiger partial charge < -0.3 is 4.90 Å². The average Bonchev–Trinajstić information content (AvgIpc) is 2.17. The highest BCUT2D eigenvalue weighted by Crippen LogP contribution is 2.25. The Hall–Kier alpha value is -1.55. The summed E-state index contributed by atoms with van der Waals surface area (Å²) in [6, 6.07) is 4.67. The molecule has 5 heteroatoms. The Kier molecular flexibility index (Phi) is 3.68. The van der Waals surface area contributed by atoms with E-state index in [2.05, 4.69) is 0 Å². The number of non-ortho nitro benzene ring substituents is 1. The first-order valence-electron chi connectivity index (χ1n) is 4.29. The summed E-state index contributed by atoms with van der Waals surface area (Å²) in [5.74, 6) is 0. The van der Waals surface area contributed by atoms with Gasteiger partial charge in [0.2, 0.25) is 0 Å². The molecule has 0 aromatic heterocycles. The first-order valence-corrected chi connectivity index (χ1v) is 4.72. The second-order valence-corrected chi connectivity index (χ2v) is 3.44. The third-order valence-electron chi connectivity index (χ3n) is 1.95. The summed E-state index contributed by atoms with van der Waals surface area (Å²) in [6.45, 7) is 0. The predicted octanol–water partition coefficient (Wildman–Crippen LogP) is 2.87. The molecule has 0 amide bonds. The van der Waals surface area contributed by atoms with Crippen LogP contribution in [-0.2, 0) is 0 Å². The van der Waals surface area contributed by atoms with E-state index in [9.17, 15) is 10.1 Å². The van der Waals surface area contributed by atoms with Gasteiger partial charge in [0.15, 0.2) is 0 Å². The molecule has 1 rings (SSSR count). The van der Waals surface area contributed by atoms with Crippen LogP contribution >= 0.6 is 11.6 Å². The standard InChI is InChI=1S/C10H11ClN2O2/c1-12(2)10-4-3-9(13(14)15)7-8(10)5-6-11/h3-7H,1-2H3/b6-5-. The number of hydrogen-bond acceptors (Lipinski definition) is 3. The van der Waals surface area contributed by atoms with Crippen molar-refractivity contribution in [2.45, 2.75) is 0 Å². The molecule has 0 saturated carbocycles. The molecule has 1 aromatic carbocycles. The maximum absolute atomic E-state index is 10.6. The highest BCUT2D eigenvalue weighted by molar-refractivity contribution is 6.27. The van der Waals surface area contributed by atoms with E-state index < -0.39 is 4.92 Å². The number of halogens is 1. The fourth-order valence-corrected chi connectivity index (χ4v) is 1.40. The molecule has 0 unspecified atom stereocenters. The molecule has 0 saturated heterocycles. The smallest absolute Gasteiger partial charge is 0.270 e. The van der Waals surface area contributed by atoms with E-state index in [1.807, 2.05) is 19.0 Å². The van der Waals surface area contributed by atoms with E-state index in [-0.39, 0.29) is 5.69 Å². The number of hydrogen-bond donors (Lipinski definition) is 0. The Bertz CT molecular complexity index is 402. The zero-order valence-electron chi connectivity index (χ0n) is 8.48. The van der Waals surface area contributed by atoms with E-state index in [0.717, 1.165) is 11.3 Å². The Morgan fingerprint density at radius 1 is 1.47 bits per heavy atom. The molecule has 0 aliphatic carbocycles. The van der Waals surface area contributed by atoms with Crippen LogP contribution in [0.25, 0.3) is 6.08 Å². The van der Waals surface area contributed by atoms with Gasteiger partial charge in [0.05, 0.1) is 4.92 Å². The molecule has 0 N–H and O–H groups in total. The average molecular weight is 227 g/mol. The molecule has 0 atom stereocenters. The number of benzene rings is 1. The lowest BCUT2D eigenvalue weighted by atomic mass is 10.1. The van der Waals surface area contributed by atoms with Crippen molar-refractivity contribution in [3.8, 4) is 0 Å². The third kappa shape index (κ3) is 2.70. The van der Waals surface area contributed by atoms with Gasteiger partial charge in [0.25, 0.3) is 5.69 Å². The number of nitrogens with zero attached hydrogens (tertiary/aromatic N) is 2. The molecule has 0 fully saturated rings. The molecular weight excluding hydrogens is 216 g/mol. The van der Waals surface area contributed by atoms with Gasteiger partial charge in [-0.05, 0) is 12.1 Å². The van der Waals surface area contributed by atoms with Gasteiger partial charge in [-0.15, -0.1) is 0 Å². The largest absolute Gasteiger partial charge is 0.377 e. The summed E-state index contributed by atoms with van der Waals surface area (Å²) in [5.41, 5.74) is 3.01. The van der Waals surface area contributed by atoms with E-state index in [1.165, 1.54) is 17.7 Å². The number of rotatable bonds is 3. The molecule has 80 valence electrons. The van der Waals surface area contributed by atoms with Crippen LogP contribution in [-0.4, -0.2) is 19.0 Å². The van der Waals surface area contributed by atoms with Crippen molar-refractivity contribution < 1.29 is 4.92 Å². The number of nitro groups is 1. The highest BCUT2D eigenvalue weighted by Gasteiger charge is 2.09. The normalized spacial score (nSPS) is 10.6. The SMILES string of the molecule is CN(C)c1ccc([N+](=O)[O-])cc1/C=C\Cl. The molecule has 1 aromatic rings. The second-order valence-electron chi connectivity index (χ2n) is 3.19. The van der Waals surface area contributed by atoms with Gasteiger partial charge in [-0.25, -0.2) is 0 Å². The first kappa shape index (κ1) is 11.5. The fraction of sp³-hybridized carbons (Fsp3) is 0.200. The molecule has 0 heterocycles. The lowest BCUT2D eigenvalue weighted by molar-refractivity contribution is -0.384. The van der Waals surface area contributed by atoms with Crippen LogP contribution in [0.5, 0.6) is 0 Å². The highest BCUT2D eigenvalue weighted by atomic mass is 35.5. The Labute approximate surface area is 92.9 Å². The minimum Gasteiger partial charge on any atom is -0.377 e. The summed E-state index contributed by atoms with van der Waals surface area (Å²) in [7, 11) is 3.74. The molecule has 0 aliphatic rings. The number of anilines is 1. The maximum Gasteiger partial charge on any atom is 0.270 e. The van der Waals surface area contributed by atoms with Crippen LogP contribution in [0.4, 0.5) is 11.4 Å². The van der Waals surface area contributed by atoms with Gasteiger partial charge >= 0.3 is 0 Å². The minimum absolute atomic E-state index is 0.0605. The van der Waals surface area contributed by atoms with Gasteiger partial charge in [-0.3, -0.25) is 10.1 Å². The molecule has 0 bridgehead atoms. The monoisotopic (exact) mass is 226 g/mol. The molecule has 0 aliphatic heterocycles. The second kappa shape index (κ2) is 4.79. The van der Waals surface area contributed by atoms with Crippen LogP contribution in [0.1, 0.15) is 5.56 Å². The Balaban J connectivity index is 3.26. The summed E-state index contributed by atoms with van der Waals surface area (Å²) >= 11 is 5.48. The fourth-order valence-electron chi connectivity index (χ4n) is 1.26. The van der Waals surface area contributed by atoms with Gasteiger partial charge in [-0.1, -0.05) is 11.6 Å². The van der Waals surface area contributed by atoms with Crippen LogP contribution < -0.4 is 4.90 Å². The zero-order valence-corrected chi connectivity index (χ0v) is 9.23. The Morgan fingerprint density at radius 3 is 2.60 bits per heavy atom. The quantitative estimate of drug-likeness (QED) is 0.588.